The van der Waals surface area contributed by atoms with E-state index < -0.39 is 5.97 Å². The molecule has 0 aliphatic heterocycles. The van der Waals surface area contributed by atoms with Crippen LogP contribution in [0.5, 0.6) is 0 Å². The second-order valence-electron chi connectivity index (χ2n) is 7.06. The van der Waals surface area contributed by atoms with Crippen molar-refractivity contribution in [3.8, 4) is 0 Å². The van der Waals surface area contributed by atoms with E-state index in [1.54, 1.807) is 11.3 Å². The van der Waals surface area contributed by atoms with Crippen molar-refractivity contribution in [3.63, 3.8) is 0 Å². The summed E-state index contributed by atoms with van der Waals surface area (Å²) >= 11 is 1.72. The molecule has 2 N–H and O–H groups in total. The van der Waals surface area contributed by atoms with Crippen molar-refractivity contribution in [2.75, 3.05) is 6.54 Å². The van der Waals surface area contributed by atoms with Crippen LogP contribution >= 0.6 is 11.3 Å². The van der Waals surface area contributed by atoms with Crippen molar-refractivity contribution < 1.29 is 9.90 Å². The minimum Gasteiger partial charge on any atom is -0.481 e. The Morgan fingerprint density at radius 3 is 2.57 bits per heavy atom. The predicted molar refractivity (Wildman–Crippen MR) is 85.6 cm³/mol. The second-order valence-corrected chi connectivity index (χ2v) is 8.01. The summed E-state index contributed by atoms with van der Waals surface area (Å²) in [5.41, 5.74) is 1.27. The van der Waals surface area contributed by atoms with E-state index in [0.717, 1.165) is 49.5 Å². The van der Waals surface area contributed by atoms with Crippen LogP contribution < -0.4 is 5.32 Å². The molecule has 0 radical (unpaired) electrons. The maximum atomic E-state index is 10.9. The van der Waals surface area contributed by atoms with Crippen LogP contribution in [-0.4, -0.2) is 22.6 Å². The van der Waals surface area contributed by atoms with Gasteiger partial charge in [0.25, 0.3) is 0 Å². The van der Waals surface area contributed by atoms with Gasteiger partial charge in [0.1, 0.15) is 5.01 Å². The fourth-order valence-corrected chi connectivity index (χ4v) is 3.72. The highest BCUT2D eigenvalue weighted by Gasteiger charge is 2.25. The molecule has 5 heteroatoms. The van der Waals surface area contributed by atoms with Crippen molar-refractivity contribution in [2.45, 2.75) is 58.4 Å². The average Bonchev–Trinajstić information content (AvgIpc) is 2.88. The van der Waals surface area contributed by atoms with Crippen molar-refractivity contribution in [3.05, 3.63) is 16.1 Å². The monoisotopic (exact) mass is 310 g/mol. The van der Waals surface area contributed by atoms with E-state index in [9.17, 15) is 4.79 Å². The Morgan fingerprint density at radius 1 is 1.38 bits per heavy atom. The van der Waals surface area contributed by atoms with E-state index in [-0.39, 0.29) is 11.3 Å². The minimum absolute atomic E-state index is 0.115. The zero-order valence-electron chi connectivity index (χ0n) is 13.2. The summed E-state index contributed by atoms with van der Waals surface area (Å²) in [6, 6.07) is 0. The number of carboxylic acid groups (broad SMARTS) is 1. The highest BCUT2D eigenvalue weighted by Crippen LogP contribution is 2.28. The fourth-order valence-electron chi connectivity index (χ4n) is 2.73. The van der Waals surface area contributed by atoms with Crippen LogP contribution in [0.15, 0.2) is 5.38 Å². The highest BCUT2D eigenvalue weighted by molar-refractivity contribution is 7.09. The standard InChI is InChI=1S/C16H26N2O2S/c1-16(2,3)13-10-21-14(18-13)9-17-8-11-4-6-12(7-5-11)15(19)20/h10-12,17H,4-9H2,1-3H3,(H,19,20). The molecule has 118 valence electrons. The van der Waals surface area contributed by atoms with Crippen LogP contribution in [0.3, 0.4) is 0 Å². The molecule has 21 heavy (non-hydrogen) atoms. The van der Waals surface area contributed by atoms with Crippen LogP contribution in [0, 0.1) is 11.8 Å². The normalized spacial score (nSPS) is 23.2. The molecule has 1 aromatic heterocycles. The lowest BCUT2D eigenvalue weighted by molar-refractivity contribution is -0.143. The third-order valence-electron chi connectivity index (χ3n) is 4.23. The van der Waals surface area contributed by atoms with Crippen LogP contribution in [0.4, 0.5) is 0 Å². The molecule has 0 bridgehead atoms. The van der Waals surface area contributed by atoms with Gasteiger partial charge in [0.2, 0.25) is 0 Å². The molecule has 1 aliphatic rings. The Bertz CT molecular complexity index is 471. The number of thiazole rings is 1. The zero-order valence-corrected chi connectivity index (χ0v) is 14.0. The van der Waals surface area contributed by atoms with E-state index in [4.69, 9.17) is 5.11 Å². The number of hydrogen-bond donors (Lipinski definition) is 2. The predicted octanol–water partition coefficient (Wildman–Crippen LogP) is 3.42. The number of nitrogens with zero attached hydrogens (tertiary/aromatic N) is 1. The van der Waals surface area contributed by atoms with Crippen molar-refractivity contribution in [1.29, 1.82) is 0 Å². The Balaban J connectivity index is 1.71. The number of carbonyl (C=O) groups is 1. The van der Waals surface area contributed by atoms with Gasteiger partial charge in [-0.1, -0.05) is 20.8 Å². The molecule has 1 fully saturated rings. The lowest BCUT2D eigenvalue weighted by Crippen LogP contribution is -2.28. The van der Waals surface area contributed by atoms with Gasteiger partial charge in [-0.25, -0.2) is 4.98 Å². The summed E-state index contributed by atoms with van der Waals surface area (Å²) < 4.78 is 0. The maximum absolute atomic E-state index is 10.9. The molecule has 0 atom stereocenters. The Morgan fingerprint density at radius 2 is 2.05 bits per heavy atom. The molecule has 4 nitrogen and oxygen atoms in total. The number of nitrogens with one attached hydrogen (secondary N) is 1. The molecule has 1 aromatic rings. The summed E-state index contributed by atoms with van der Waals surface area (Å²) in [5, 5.41) is 15.8. The molecule has 2 rings (SSSR count). The number of aliphatic carboxylic acids is 1. The molecule has 1 aliphatic carbocycles. The largest absolute Gasteiger partial charge is 0.481 e. The molecule has 1 saturated carbocycles. The molecule has 0 saturated heterocycles. The van der Waals surface area contributed by atoms with E-state index in [0.29, 0.717) is 5.92 Å². The lowest BCUT2D eigenvalue weighted by atomic mass is 9.82. The topological polar surface area (TPSA) is 62.2 Å². The van der Waals surface area contributed by atoms with Crippen LogP contribution in [-0.2, 0) is 16.8 Å². The third kappa shape index (κ3) is 4.78. The third-order valence-corrected chi connectivity index (χ3v) is 5.07. The van der Waals surface area contributed by atoms with E-state index >= 15 is 0 Å². The molecular formula is C16H26N2O2S. The van der Waals surface area contributed by atoms with Crippen molar-refractivity contribution in [2.24, 2.45) is 11.8 Å². The van der Waals surface area contributed by atoms with Gasteiger partial charge >= 0.3 is 5.97 Å². The van der Waals surface area contributed by atoms with Gasteiger partial charge in [0.15, 0.2) is 0 Å². The lowest BCUT2D eigenvalue weighted by Gasteiger charge is -2.26. The smallest absolute Gasteiger partial charge is 0.306 e. The van der Waals surface area contributed by atoms with Gasteiger partial charge in [-0.3, -0.25) is 4.79 Å². The number of carboxylic acids is 1. The quantitative estimate of drug-likeness (QED) is 0.875. The zero-order chi connectivity index (χ0) is 15.5. The number of aromatic nitrogens is 1. The first-order valence-corrected chi connectivity index (χ1v) is 8.62. The van der Waals surface area contributed by atoms with E-state index in [2.05, 4.69) is 36.5 Å². The SMILES string of the molecule is CC(C)(C)c1csc(CNCC2CCC(C(=O)O)CC2)n1. The summed E-state index contributed by atoms with van der Waals surface area (Å²) in [4.78, 5) is 15.6. The minimum atomic E-state index is -0.626. The van der Waals surface area contributed by atoms with E-state index in [1.165, 1.54) is 0 Å². The summed E-state index contributed by atoms with van der Waals surface area (Å²) in [6.07, 6.45) is 3.70. The summed E-state index contributed by atoms with van der Waals surface area (Å²) in [6.45, 7) is 8.33. The number of rotatable bonds is 5. The first-order valence-electron chi connectivity index (χ1n) is 7.74. The molecule has 0 aromatic carbocycles. The molecule has 0 spiro atoms. The molecule has 0 unspecified atom stereocenters. The van der Waals surface area contributed by atoms with Crippen molar-refractivity contribution >= 4 is 17.3 Å². The van der Waals surface area contributed by atoms with Crippen LogP contribution in [0.25, 0.3) is 0 Å². The van der Waals surface area contributed by atoms with Gasteiger partial charge in [-0.15, -0.1) is 11.3 Å². The van der Waals surface area contributed by atoms with Crippen LogP contribution in [0.2, 0.25) is 0 Å². The average molecular weight is 310 g/mol. The Labute approximate surface area is 131 Å². The van der Waals surface area contributed by atoms with E-state index in [1.807, 2.05) is 0 Å². The molecule has 1 heterocycles. The second kappa shape index (κ2) is 6.88. The molecule has 0 amide bonds. The van der Waals surface area contributed by atoms with Crippen molar-refractivity contribution in [1.82, 2.24) is 10.3 Å². The van der Waals surface area contributed by atoms with Crippen LogP contribution in [0.1, 0.15) is 57.2 Å². The summed E-state index contributed by atoms with van der Waals surface area (Å²) in [5.74, 6) is -0.129. The van der Waals surface area contributed by atoms with Gasteiger partial charge in [-0.2, -0.15) is 0 Å². The fraction of sp³-hybridized carbons (Fsp3) is 0.750. The Kier molecular flexibility index (Phi) is 5.38. The van der Waals surface area contributed by atoms with Gasteiger partial charge in [-0.05, 0) is 38.1 Å². The van der Waals surface area contributed by atoms with Gasteiger partial charge in [0, 0.05) is 17.3 Å². The summed E-state index contributed by atoms with van der Waals surface area (Å²) in [7, 11) is 0. The highest BCUT2D eigenvalue weighted by atomic mass is 32.1. The Hall–Kier alpha value is -0.940. The molecular weight excluding hydrogens is 284 g/mol. The number of hydrogen-bond acceptors (Lipinski definition) is 4. The first-order chi connectivity index (χ1) is 9.86. The first kappa shape index (κ1) is 16.4. The maximum Gasteiger partial charge on any atom is 0.306 e. The van der Waals surface area contributed by atoms with Gasteiger partial charge in [0.05, 0.1) is 11.6 Å². The van der Waals surface area contributed by atoms with Gasteiger partial charge < -0.3 is 10.4 Å².